The van der Waals surface area contributed by atoms with Gasteiger partial charge in [-0.1, -0.05) is 12.1 Å². The van der Waals surface area contributed by atoms with Crippen LogP contribution in [0.5, 0.6) is 5.75 Å². The normalized spacial score (nSPS) is 10.2. The van der Waals surface area contributed by atoms with Crippen molar-refractivity contribution in [1.82, 2.24) is 10.3 Å². The van der Waals surface area contributed by atoms with Gasteiger partial charge in [0.2, 0.25) is 0 Å². The standard InChI is InChI=1S/C13H15N3O2S/c1-9-3-2-4-10(7-9)18-6-5-15-12(17)11-8-19-13(14)16-11/h2-4,7-8H,5-6H2,1H3,(H2,14,16)(H,15,17). The average molecular weight is 277 g/mol. The van der Waals surface area contributed by atoms with Crippen molar-refractivity contribution in [2.45, 2.75) is 6.92 Å². The van der Waals surface area contributed by atoms with E-state index in [1.807, 2.05) is 31.2 Å². The van der Waals surface area contributed by atoms with Gasteiger partial charge in [0.25, 0.3) is 5.91 Å². The Morgan fingerprint density at radius 3 is 3.05 bits per heavy atom. The highest BCUT2D eigenvalue weighted by atomic mass is 32.1. The molecule has 1 heterocycles. The summed E-state index contributed by atoms with van der Waals surface area (Å²) in [6.07, 6.45) is 0. The Hall–Kier alpha value is -2.08. The summed E-state index contributed by atoms with van der Waals surface area (Å²) in [6, 6.07) is 7.77. The zero-order valence-electron chi connectivity index (χ0n) is 10.6. The summed E-state index contributed by atoms with van der Waals surface area (Å²) in [6.45, 7) is 2.83. The van der Waals surface area contributed by atoms with Crippen molar-refractivity contribution >= 4 is 22.4 Å². The van der Waals surface area contributed by atoms with Gasteiger partial charge in [-0.2, -0.15) is 0 Å². The molecule has 6 heteroatoms. The predicted octanol–water partition coefficient (Wildman–Crippen LogP) is 1.84. The number of nitrogen functional groups attached to an aromatic ring is 1. The van der Waals surface area contributed by atoms with Gasteiger partial charge in [-0.15, -0.1) is 11.3 Å². The lowest BCUT2D eigenvalue weighted by molar-refractivity contribution is 0.0943. The van der Waals surface area contributed by atoms with E-state index in [0.717, 1.165) is 11.3 Å². The van der Waals surface area contributed by atoms with Gasteiger partial charge in [-0.3, -0.25) is 4.79 Å². The molecule has 100 valence electrons. The third-order valence-electron chi connectivity index (χ3n) is 2.40. The van der Waals surface area contributed by atoms with Crippen LogP contribution in [0.4, 0.5) is 5.13 Å². The third kappa shape index (κ3) is 3.96. The van der Waals surface area contributed by atoms with Crippen molar-refractivity contribution in [3.05, 3.63) is 40.9 Å². The number of carbonyl (C=O) groups is 1. The van der Waals surface area contributed by atoms with Crippen LogP contribution in [0.2, 0.25) is 0 Å². The SMILES string of the molecule is Cc1cccc(OCCNC(=O)c2csc(N)n2)c1. The Labute approximate surface area is 115 Å². The molecule has 0 saturated carbocycles. The van der Waals surface area contributed by atoms with E-state index in [9.17, 15) is 4.79 Å². The molecule has 0 aliphatic carbocycles. The number of hydrogen-bond donors (Lipinski definition) is 2. The number of amides is 1. The van der Waals surface area contributed by atoms with Crippen molar-refractivity contribution in [1.29, 1.82) is 0 Å². The number of rotatable bonds is 5. The number of aromatic nitrogens is 1. The number of benzene rings is 1. The van der Waals surface area contributed by atoms with Crippen LogP contribution < -0.4 is 15.8 Å². The number of aryl methyl sites for hydroxylation is 1. The summed E-state index contributed by atoms with van der Waals surface area (Å²) >= 11 is 1.24. The van der Waals surface area contributed by atoms with Crippen LogP contribution in [0, 0.1) is 6.92 Å². The number of nitrogens with one attached hydrogen (secondary N) is 1. The summed E-state index contributed by atoms with van der Waals surface area (Å²) < 4.78 is 5.52. The second-order valence-electron chi connectivity index (χ2n) is 3.99. The Kier molecular flexibility index (Phi) is 4.35. The first-order valence-corrected chi connectivity index (χ1v) is 6.72. The van der Waals surface area contributed by atoms with E-state index in [0.29, 0.717) is 24.0 Å². The van der Waals surface area contributed by atoms with E-state index in [-0.39, 0.29) is 5.91 Å². The summed E-state index contributed by atoms with van der Waals surface area (Å²) in [4.78, 5) is 15.5. The van der Waals surface area contributed by atoms with Crippen LogP contribution in [0.15, 0.2) is 29.6 Å². The molecule has 3 N–H and O–H groups in total. The lowest BCUT2D eigenvalue weighted by Crippen LogP contribution is -2.28. The molecule has 1 aromatic heterocycles. The van der Waals surface area contributed by atoms with Crippen LogP contribution in [0.3, 0.4) is 0 Å². The number of nitrogens with zero attached hydrogens (tertiary/aromatic N) is 1. The fourth-order valence-corrected chi connectivity index (χ4v) is 2.06. The van der Waals surface area contributed by atoms with Crippen LogP contribution in [0.1, 0.15) is 16.1 Å². The van der Waals surface area contributed by atoms with E-state index in [1.165, 1.54) is 11.3 Å². The van der Waals surface area contributed by atoms with Gasteiger partial charge in [0.1, 0.15) is 18.1 Å². The van der Waals surface area contributed by atoms with Gasteiger partial charge in [0.15, 0.2) is 5.13 Å². The topological polar surface area (TPSA) is 77.2 Å². The highest BCUT2D eigenvalue weighted by Crippen LogP contribution is 2.12. The minimum Gasteiger partial charge on any atom is -0.492 e. The first kappa shape index (κ1) is 13.4. The zero-order chi connectivity index (χ0) is 13.7. The van der Waals surface area contributed by atoms with E-state index >= 15 is 0 Å². The van der Waals surface area contributed by atoms with Crippen molar-refractivity contribution in [3.63, 3.8) is 0 Å². The van der Waals surface area contributed by atoms with Gasteiger partial charge >= 0.3 is 0 Å². The van der Waals surface area contributed by atoms with Crippen molar-refractivity contribution in [2.24, 2.45) is 0 Å². The van der Waals surface area contributed by atoms with Crippen LogP contribution in [-0.4, -0.2) is 24.0 Å². The molecule has 1 aromatic carbocycles. The van der Waals surface area contributed by atoms with Crippen LogP contribution >= 0.6 is 11.3 Å². The van der Waals surface area contributed by atoms with Crippen LogP contribution in [0.25, 0.3) is 0 Å². The zero-order valence-corrected chi connectivity index (χ0v) is 11.4. The highest BCUT2D eigenvalue weighted by molar-refractivity contribution is 7.13. The molecule has 0 aliphatic rings. The Morgan fingerprint density at radius 2 is 2.37 bits per heavy atom. The smallest absolute Gasteiger partial charge is 0.270 e. The van der Waals surface area contributed by atoms with Gasteiger partial charge in [0, 0.05) is 5.38 Å². The molecule has 0 radical (unpaired) electrons. The molecule has 0 bridgehead atoms. The molecule has 5 nitrogen and oxygen atoms in total. The number of thiazole rings is 1. The number of ether oxygens (including phenoxy) is 1. The molecule has 0 unspecified atom stereocenters. The quantitative estimate of drug-likeness (QED) is 0.818. The maximum Gasteiger partial charge on any atom is 0.270 e. The molecule has 1 amide bonds. The summed E-state index contributed by atoms with van der Waals surface area (Å²) in [5.41, 5.74) is 6.95. The lowest BCUT2D eigenvalue weighted by atomic mass is 10.2. The van der Waals surface area contributed by atoms with Gasteiger partial charge in [0.05, 0.1) is 6.54 Å². The van der Waals surface area contributed by atoms with Crippen molar-refractivity contribution in [2.75, 3.05) is 18.9 Å². The fraction of sp³-hybridized carbons (Fsp3) is 0.231. The first-order chi connectivity index (χ1) is 9.15. The molecule has 2 rings (SSSR count). The molecule has 0 atom stereocenters. The van der Waals surface area contributed by atoms with E-state index < -0.39 is 0 Å². The number of nitrogens with two attached hydrogens (primary N) is 1. The number of carbonyl (C=O) groups excluding carboxylic acids is 1. The Bertz CT molecular complexity index is 569. The minimum absolute atomic E-state index is 0.235. The summed E-state index contributed by atoms with van der Waals surface area (Å²) in [7, 11) is 0. The number of hydrogen-bond acceptors (Lipinski definition) is 5. The molecule has 0 saturated heterocycles. The number of anilines is 1. The van der Waals surface area contributed by atoms with Gasteiger partial charge in [-0.05, 0) is 24.6 Å². The second-order valence-corrected chi connectivity index (χ2v) is 4.88. The predicted molar refractivity (Wildman–Crippen MR) is 75.5 cm³/mol. The molecular weight excluding hydrogens is 262 g/mol. The van der Waals surface area contributed by atoms with Gasteiger partial charge in [-0.25, -0.2) is 4.98 Å². The molecule has 0 spiro atoms. The maximum absolute atomic E-state index is 11.6. The molecule has 0 aliphatic heterocycles. The van der Waals surface area contributed by atoms with E-state index in [1.54, 1.807) is 5.38 Å². The van der Waals surface area contributed by atoms with Gasteiger partial charge < -0.3 is 15.8 Å². The molecule has 19 heavy (non-hydrogen) atoms. The van der Waals surface area contributed by atoms with E-state index in [4.69, 9.17) is 10.5 Å². The molecule has 0 fully saturated rings. The average Bonchev–Trinajstić information content (AvgIpc) is 2.81. The Balaban J connectivity index is 1.74. The van der Waals surface area contributed by atoms with Crippen LogP contribution in [-0.2, 0) is 0 Å². The monoisotopic (exact) mass is 277 g/mol. The van der Waals surface area contributed by atoms with E-state index in [2.05, 4.69) is 10.3 Å². The summed E-state index contributed by atoms with van der Waals surface area (Å²) in [5.74, 6) is 0.563. The Morgan fingerprint density at radius 1 is 1.53 bits per heavy atom. The first-order valence-electron chi connectivity index (χ1n) is 5.84. The molecule has 2 aromatic rings. The highest BCUT2D eigenvalue weighted by Gasteiger charge is 2.08. The van der Waals surface area contributed by atoms with Crippen molar-refractivity contribution in [3.8, 4) is 5.75 Å². The van der Waals surface area contributed by atoms with Crippen molar-refractivity contribution < 1.29 is 9.53 Å². The maximum atomic E-state index is 11.6. The fourth-order valence-electron chi connectivity index (χ4n) is 1.52. The minimum atomic E-state index is -0.235. The third-order valence-corrected chi connectivity index (χ3v) is 3.07. The summed E-state index contributed by atoms with van der Waals surface area (Å²) in [5, 5.41) is 4.74. The lowest BCUT2D eigenvalue weighted by Gasteiger charge is -2.07. The molecular formula is C13H15N3O2S. The largest absolute Gasteiger partial charge is 0.492 e. The second kappa shape index (κ2) is 6.19.